The first-order valence-electron chi connectivity index (χ1n) is 8.59. The molecule has 1 atom stereocenters. The second-order valence-electron chi connectivity index (χ2n) is 6.36. The fourth-order valence-electron chi connectivity index (χ4n) is 2.99. The van der Waals surface area contributed by atoms with Crippen LogP contribution in [-0.2, 0) is 6.54 Å². The Balaban J connectivity index is 1.58. The summed E-state index contributed by atoms with van der Waals surface area (Å²) >= 11 is 0. The summed E-state index contributed by atoms with van der Waals surface area (Å²) in [6, 6.07) is 12.9. The molecule has 0 bridgehead atoms. The molecular weight excluding hydrogens is 284 g/mol. The molecule has 1 aromatic carbocycles. The van der Waals surface area contributed by atoms with E-state index in [2.05, 4.69) is 70.0 Å². The van der Waals surface area contributed by atoms with Gasteiger partial charge in [-0.1, -0.05) is 44.2 Å². The molecule has 1 fully saturated rings. The highest BCUT2D eigenvalue weighted by molar-refractivity contribution is 5.40. The Kier molecular flexibility index (Phi) is 5.23. The molecule has 0 spiro atoms. The quantitative estimate of drug-likeness (QED) is 0.848. The number of anilines is 1. The fraction of sp³-hybridized carbons (Fsp3) is 0.474. The van der Waals surface area contributed by atoms with Crippen LogP contribution in [0, 0.1) is 0 Å². The van der Waals surface area contributed by atoms with E-state index in [1.54, 1.807) is 6.33 Å². The number of aromatic nitrogens is 2. The van der Waals surface area contributed by atoms with Gasteiger partial charge in [0, 0.05) is 44.5 Å². The summed E-state index contributed by atoms with van der Waals surface area (Å²) in [7, 11) is 0. The minimum Gasteiger partial charge on any atom is -0.354 e. The van der Waals surface area contributed by atoms with Gasteiger partial charge in [0.15, 0.2) is 0 Å². The third-order valence-electron chi connectivity index (χ3n) is 4.74. The average molecular weight is 310 g/mol. The molecule has 122 valence electrons. The summed E-state index contributed by atoms with van der Waals surface area (Å²) in [5.41, 5.74) is 2.55. The monoisotopic (exact) mass is 310 g/mol. The molecule has 2 aromatic rings. The van der Waals surface area contributed by atoms with E-state index in [1.165, 1.54) is 5.56 Å². The van der Waals surface area contributed by atoms with Crippen molar-refractivity contribution in [3.05, 3.63) is 54.0 Å². The molecule has 1 unspecified atom stereocenters. The van der Waals surface area contributed by atoms with Crippen LogP contribution in [0.25, 0.3) is 0 Å². The molecule has 23 heavy (non-hydrogen) atoms. The van der Waals surface area contributed by atoms with Gasteiger partial charge in [0.1, 0.15) is 12.1 Å². The van der Waals surface area contributed by atoms with Crippen LogP contribution in [0.1, 0.15) is 37.4 Å². The van der Waals surface area contributed by atoms with Crippen molar-refractivity contribution in [3.63, 3.8) is 0 Å². The van der Waals surface area contributed by atoms with Gasteiger partial charge in [-0.3, -0.25) is 4.90 Å². The lowest BCUT2D eigenvalue weighted by Crippen LogP contribution is -2.46. The smallest absolute Gasteiger partial charge is 0.132 e. The predicted octanol–water partition coefficient (Wildman–Crippen LogP) is 3.31. The van der Waals surface area contributed by atoms with Crippen LogP contribution in [-0.4, -0.2) is 41.0 Å². The topological polar surface area (TPSA) is 32.3 Å². The standard InChI is InChI=1S/C19H26N4/c1-3-16(2)18-13-19(21-15-20-18)23-11-9-22(10-12-23)14-17-7-5-4-6-8-17/h4-8,13,15-16H,3,9-12,14H2,1-2H3. The maximum atomic E-state index is 4.49. The number of benzene rings is 1. The lowest BCUT2D eigenvalue weighted by atomic mass is 10.0. The Hall–Kier alpha value is -1.94. The van der Waals surface area contributed by atoms with Gasteiger partial charge in [0.2, 0.25) is 0 Å². The lowest BCUT2D eigenvalue weighted by molar-refractivity contribution is 0.249. The molecule has 1 aliphatic heterocycles. The molecule has 4 heteroatoms. The molecule has 0 radical (unpaired) electrons. The fourth-order valence-corrected chi connectivity index (χ4v) is 2.99. The summed E-state index contributed by atoms with van der Waals surface area (Å²) in [5.74, 6) is 1.57. The second-order valence-corrected chi connectivity index (χ2v) is 6.36. The van der Waals surface area contributed by atoms with Crippen LogP contribution < -0.4 is 4.90 Å². The van der Waals surface area contributed by atoms with Crippen molar-refractivity contribution in [3.8, 4) is 0 Å². The van der Waals surface area contributed by atoms with Crippen molar-refractivity contribution in [2.45, 2.75) is 32.7 Å². The van der Waals surface area contributed by atoms with Crippen LogP contribution in [0.5, 0.6) is 0 Å². The van der Waals surface area contributed by atoms with Crippen molar-refractivity contribution >= 4 is 5.82 Å². The van der Waals surface area contributed by atoms with E-state index < -0.39 is 0 Å². The zero-order valence-electron chi connectivity index (χ0n) is 14.2. The number of nitrogens with zero attached hydrogens (tertiary/aromatic N) is 4. The molecule has 0 saturated carbocycles. The largest absolute Gasteiger partial charge is 0.354 e. The zero-order chi connectivity index (χ0) is 16.1. The van der Waals surface area contributed by atoms with Crippen molar-refractivity contribution < 1.29 is 0 Å². The third-order valence-corrected chi connectivity index (χ3v) is 4.74. The highest BCUT2D eigenvalue weighted by Crippen LogP contribution is 2.21. The summed E-state index contributed by atoms with van der Waals surface area (Å²) in [6.45, 7) is 9.69. The molecule has 1 aromatic heterocycles. The first-order valence-corrected chi connectivity index (χ1v) is 8.59. The van der Waals surface area contributed by atoms with E-state index >= 15 is 0 Å². The average Bonchev–Trinajstić information content (AvgIpc) is 2.62. The van der Waals surface area contributed by atoms with Gasteiger partial charge in [-0.2, -0.15) is 0 Å². The first-order chi connectivity index (χ1) is 11.3. The molecule has 3 rings (SSSR count). The molecule has 0 aliphatic carbocycles. The zero-order valence-corrected chi connectivity index (χ0v) is 14.2. The van der Waals surface area contributed by atoms with Crippen molar-refractivity contribution in [2.24, 2.45) is 0 Å². The normalized spacial score (nSPS) is 17.2. The summed E-state index contributed by atoms with van der Waals surface area (Å²) < 4.78 is 0. The molecule has 2 heterocycles. The molecular formula is C19H26N4. The molecule has 1 saturated heterocycles. The molecule has 0 amide bonds. The van der Waals surface area contributed by atoms with Gasteiger partial charge < -0.3 is 4.90 Å². The van der Waals surface area contributed by atoms with Gasteiger partial charge in [-0.25, -0.2) is 9.97 Å². The van der Waals surface area contributed by atoms with Crippen LogP contribution in [0.4, 0.5) is 5.82 Å². The number of hydrogen-bond donors (Lipinski definition) is 0. The van der Waals surface area contributed by atoms with Crippen molar-refractivity contribution in [2.75, 3.05) is 31.1 Å². The van der Waals surface area contributed by atoms with E-state index in [0.29, 0.717) is 5.92 Å². The van der Waals surface area contributed by atoms with E-state index in [0.717, 1.165) is 50.7 Å². The van der Waals surface area contributed by atoms with Crippen molar-refractivity contribution in [1.82, 2.24) is 14.9 Å². The van der Waals surface area contributed by atoms with Crippen LogP contribution in [0.15, 0.2) is 42.7 Å². The van der Waals surface area contributed by atoms with Crippen molar-refractivity contribution in [1.29, 1.82) is 0 Å². The Morgan fingerprint density at radius 2 is 1.78 bits per heavy atom. The number of hydrogen-bond acceptors (Lipinski definition) is 4. The first kappa shape index (κ1) is 15.9. The van der Waals surface area contributed by atoms with E-state index in [1.807, 2.05) is 0 Å². The maximum absolute atomic E-state index is 4.49. The summed E-state index contributed by atoms with van der Waals surface area (Å²) in [5, 5.41) is 0. The molecule has 1 aliphatic rings. The maximum Gasteiger partial charge on any atom is 0.132 e. The van der Waals surface area contributed by atoms with Crippen LogP contribution >= 0.6 is 0 Å². The number of rotatable bonds is 5. The minimum atomic E-state index is 0.496. The Morgan fingerprint density at radius 1 is 1.04 bits per heavy atom. The van der Waals surface area contributed by atoms with E-state index in [4.69, 9.17) is 0 Å². The Labute approximate surface area is 139 Å². The van der Waals surface area contributed by atoms with E-state index in [-0.39, 0.29) is 0 Å². The SMILES string of the molecule is CCC(C)c1cc(N2CCN(Cc3ccccc3)CC2)ncn1. The van der Waals surface area contributed by atoms with Gasteiger partial charge in [-0.05, 0) is 17.9 Å². The molecule has 0 N–H and O–H groups in total. The van der Waals surface area contributed by atoms with Gasteiger partial charge in [0.05, 0.1) is 0 Å². The summed E-state index contributed by atoms with van der Waals surface area (Å²) in [6.07, 6.45) is 2.83. The van der Waals surface area contributed by atoms with E-state index in [9.17, 15) is 0 Å². The Bertz CT molecular complexity index is 606. The van der Waals surface area contributed by atoms with Gasteiger partial charge in [0.25, 0.3) is 0 Å². The molecule has 4 nitrogen and oxygen atoms in total. The van der Waals surface area contributed by atoms with Crippen LogP contribution in [0.3, 0.4) is 0 Å². The highest BCUT2D eigenvalue weighted by atomic mass is 15.3. The third kappa shape index (κ3) is 4.08. The van der Waals surface area contributed by atoms with Crippen LogP contribution in [0.2, 0.25) is 0 Å². The van der Waals surface area contributed by atoms with Gasteiger partial charge in [-0.15, -0.1) is 0 Å². The highest BCUT2D eigenvalue weighted by Gasteiger charge is 2.19. The minimum absolute atomic E-state index is 0.496. The Morgan fingerprint density at radius 3 is 2.48 bits per heavy atom. The predicted molar refractivity (Wildman–Crippen MR) is 94.7 cm³/mol. The number of piperazine rings is 1. The lowest BCUT2D eigenvalue weighted by Gasteiger charge is -2.35. The second kappa shape index (κ2) is 7.55. The van der Waals surface area contributed by atoms with Gasteiger partial charge >= 0.3 is 0 Å². The summed E-state index contributed by atoms with van der Waals surface area (Å²) in [4.78, 5) is 13.8.